The predicted octanol–water partition coefficient (Wildman–Crippen LogP) is 3.28. The van der Waals surface area contributed by atoms with Gasteiger partial charge < -0.3 is 5.32 Å². The van der Waals surface area contributed by atoms with E-state index in [9.17, 15) is 0 Å². The number of thioether (sulfide) groups is 1. The second kappa shape index (κ2) is 5.95. The molecule has 0 aromatic rings. The molecule has 1 atom stereocenters. The van der Waals surface area contributed by atoms with Crippen LogP contribution in [-0.4, -0.2) is 5.37 Å². The Morgan fingerprint density at radius 2 is 1.92 bits per heavy atom. The normalized spacial score (nSPS) is 20.8. The summed E-state index contributed by atoms with van der Waals surface area (Å²) in [5, 5.41) is 3.72. The van der Waals surface area contributed by atoms with Gasteiger partial charge in [0.1, 0.15) is 0 Å². The first kappa shape index (κ1) is 11.4. The second-order valence-corrected chi connectivity index (χ2v) is 3.47. The van der Waals surface area contributed by atoms with Crippen LogP contribution in [-0.2, 0) is 0 Å². The summed E-state index contributed by atoms with van der Waals surface area (Å²) in [5.74, 6) is 0. The SMILES string of the molecule is C=CC1=C(C=C)SC(C)N1.CC. The van der Waals surface area contributed by atoms with Crippen LogP contribution in [0.15, 0.2) is 35.9 Å². The fourth-order valence-electron chi connectivity index (χ4n) is 0.891. The molecule has 1 aliphatic rings. The molecule has 2 heteroatoms. The van der Waals surface area contributed by atoms with Crippen LogP contribution in [0.4, 0.5) is 0 Å². The third kappa shape index (κ3) is 2.78. The number of nitrogens with one attached hydrogen (secondary N) is 1. The zero-order valence-electron chi connectivity index (χ0n) is 8.05. The minimum absolute atomic E-state index is 0.459. The monoisotopic (exact) mass is 183 g/mol. The fraction of sp³-hybridized carbons (Fsp3) is 0.400. The Balaban J connectivity index is 0.000000561. The second-order valence-electron chi connectivity index (χ2n) is 2.09. The van der Waals surface area contributed by atoms with Crippen LogP contribution in [0.2, 0.25) is 0 Å². The van der Waals surface area contributed by atoms with E-state index in [2.05, 4.69) is 25.4 Å². The van der Waals surface area contributed by atoms with Gasteiger partial charge in [-0.1, -0.05) is 44.8 Å². The van der Waals surface area contributed by atoms with Crippen molar-refractivity contribution in [1.82, 2.24) is 5.32 Å². The Bertz CT molecular complexity index is 174. The smallest absolute Gasteiger partial charge is 0.0741 e. The number of hydrogen-bond acceptors (Lipinski definition) is 2. The minimum Gasteiger partial charge on any atom is -0.372 e. The molecule has 0 bridgehead atoms. The molecule has 1 unspecified atom stereocenters. The number of allylic oxidation sites excluding steroid dienone is 2. The Morgan fingerprint density at radius 3 is 2.25 bits per heavy atom. The number of hydrogen-bond donors (Lipinski definition) is 1. The maximum absolute atomic E-state index is 3.71. The largest absolute Gasteiger partial charge is 0.372 e. The summed E-state index contributed by atoms with van der Waals surface area (Å²) in [6, 6.07) is 0. The molecule has 1 aliphatic heterocycles. The van der Waals surface area contributed by atoms with E-state index in [1.165, 1.54) is 4.91 Å². The van der Waals surface area contributed by atoms with Crippen molar-refractivity contribution in [2.45, 2.75) is 26.1 Å². The third-order valence-electron chi connectivity index (χ3n) is 1.32. The van der Waals surface area contributed by atoms with Gasteiger partial charge in [0, 0.05) is 10.6 Å². The highest BCUT2D eigenvalue weighted by molar-refractivity contribution is 8.04. The van der Waals surface area contributed by atoms with Gasteiger partial charge in [0.15, 0.2) is 0 Å². The molecule has 1 N–H and O–H groups in total. The van der Waals surface area contributed by atoms with Crippen molar-refractivity contribution < 1.29 is 0 Å². The van der Waals surface area contributed by atoms with Crippen molar-refractivity contribution >= 4 is 11.8 Å². The van der Waals surface area contributed by atoms with Crippen molar-refractivity contribution in [3.63, 3.8) is 0 Å². The Hall–Kier alpha value is -0.630. The van der Waals surface area contributed by atoms with Crippen LogP contribution in [0.5, 0.6) is 0 Å². The molecular weight excluding hydrogens is 166 g/mol. The lowest BCUT2D eigenvalue weighted by molar-refractivity contribution is 0.840. The summed E-state index contributed by atoms with van der Waals surface area (Å²) in [7, 11) is 0. The highest BCUT2D eigenvalue weighted by Crippen LogP contribution is 2.30. The van der Waals surface area contributed by atoms with Crippen LogP contribution in [0.1, 0.15) is 20.8 Å². The summed E-state index contributed by atoms with van der Waals surface area (Å²) in [6.45, 7) is 13.5. The van der Waals surface area contributed by atoms with Crippen molar-refractivity contribution in [3.05, 3.63) is 35.9 Å². The first-order valence-corrected chi connectivity index (χ1v) is 5.08. The molecule has 1 rings (SSSR count). The third-order valence-corrected chi connectivity index (χ3v) is 2.43. The van der Waals surface area contributed by atoms with Gasteiger partial charge in [-0.15, -0.1) is 0 Å². The van der Waals surface area contributed by atoms with E-state index in [0.29, 0.717) is 5.37 Å². The van der Waals surface area contributed by atoms with Crippen LogP contribution in [0.25, 0.3) is 0 Å². The van der Waals surface area contributed by atoms with E-state index < -0.39 is 0 Å². The topological polar surface area (TPSA) is 12.0 Å². The molecule has 0 spiro atoms. The van der Waals surface area contributed by atoms with Crippen LogP contribution in [0.3, 0.4) is 0 Å². The van der Waals surface area contributed by atoms with Gasteiger partial charge in [-0.05, 0) is 13.0 Å². The first-order valence-electron chi connectivity index (χ1n) is 4.20. The van der Waals surface area contributed by atoms with E-state index in [0.717, 1.165) is 5.70 Å². The predicted molar refractivity (Wildman–Crippen MR) is 59.0 cm³/mol. The molecule has 0 saturated carbocycles. The minimum atomic E-state index is 0.459. The average molecular weight is 183 g/mol. The maximum Gasteiger partial charge on any atom is 0.0741 e. The molecule has 1 nitrogen and oxygen atoms in total. The lowest BCUT2D eigenvalue weighted by atomic mass is 10.4. The molecule has 0 saturated heterocycles. The van der Waals surface area contributed by atoms with Crippen LogP contribution in [0, 0.1) is 0 Å². The van der Waals surface area contributed by atoms with Gasteiger partial charge in [-0.3, -0.25) is 0 Å². The van der Waals surface area contributed by atoms with Gasteiger partial charge in [0.05, 0.1) is 5.37 Å². The Labute approximate surface area is 79.6 Å². The molecule has 0 aromatic heterocycles. The van der Waals surface area contributed by atoms with Gasteiger partial charge in [-0.25, -0.2) is 0 Å². The van der Waals surface area contributed by atoms with Crippen molar-refractivity contribution in [3.8, 4) is 0 Å². The molecule has 68 valence electrons. The van der Waals surface area contributed by atoms with E-state index >= 15 is 0 Å². The molecular formula is C10H17NS. The highest BCUT2D eigenvalue weighted by atomic mass is 32.2. The van der Waals surface area contributed by atoms with E-state index in [-0.39, 0.29) is 0 Å². The molecule has 0 aliphatic carbocycles. The lowest BCUT2D eigenvalue weighted by Crippen LogP contribution is -2.14. The highest BCUT2D eigenvalue weighted by Gasteiger charge is 2.15. The van der Waals surface area contributed by atoms with E-state index in [1.54, 1.807) is 11.8 Å². The van der Waals surface area contributed by atoms with E-state index in [4.69, 9.17) is 0 Å². The zero-order chi connectivity index (χ0) is 9.56. The molecule has 0 aromatic carbocycles. The molecule has 12 heavy (non-hydrogen) atoms. The summed E-state index contributed by atoms with van der Waals surface area (Å²) in [4.78, 5) is 1.20. The van der Waals surface area contributed by atoms with E-state index in [1.807, 2.05) is 26.0 Å². The fourth-order valence-corrected chi connectivity index (χ4v) is 1.82. The van der Waals surface area contributed by atoms with Gasteiger partial charge in [-0.2, -0.15) is 0 Å². The van der Waals surface area contributed by atoms with Crippen molar-refractivity contribution in [2.75, 3.05) is 0 Å². The van der Waals surface area contributed by atoms with Crippen molar-refractivity contribution in [1.29, 1.82) is 0 Å². The quantitative estimate of drug-likeness (QED) is 0.705. The summed E-state index contributed by atoms with van der Waals surface area (Å²) in [5.41, 5.74) is 1.10. The molecule has 0 radical (unpaired) electrons. The summed E-state index contributed by atoms with van der Waals surface area (Å²) < 4.78 is 0. The van der Waals surface area contributed by atoms with Crippen LogP contribution < -0.4 is 5.32 Å². The lowest BCUT2D eigenvalue weighted by Gasteiger charge is -2.01. The summed E-state index contributed by atoms with van der Waals surface area (Å²) >= 11 is 1.78. The maximum atomic E-state index is 3.71. The number of rotatable bonds is 2. The summed E-state index contributed by atoms with van der Waals surface area (Å²) in [6.07, 6.45) is 3.69. The van der Waals surface area contributed by atoms with Gasteiger partial charge in [0.2, 0.25) is 0 Å². The van der Waals surface area contributed by atoms with Crippen molar-refractivity contribution in [2.24, 2.45) is 0 Å². The zero-order valence-corrected chi connectivity index (χ0v) is 8.87. The molecule has 1 heterocycles. The van der Waals surface area contributed by atoms with Gasteiger partial charge in [0.25, 0.3) is 0 Å². The van der Waals surface area contributed by atoms with Gasteiger partial charge >= 0.3 is 0 Å². The Kier molecular flexibility index (Phi) is 5.64. The van der Waals surface area contributed by atoms with Crippen LogP contribution >= 0.6 is 11.8 Å². The first-order chi connectivity index (χ1) is 5.77. The molecule has 0 fully saturated rings. The Morgan fingerprint density at radius 1 is 1.33 bits per heavy atom. The molecule has 0 amide bonds. The average Bonchev–Trinajstić information content (AvgIpc) is 2.49. The standard InChI is InChI=1S/C8H11NS.C2H6/c1-4-7-8(5-2)10-6(3)9-7;1-2/h4-6,9H,1-2H2,3H3;1-2H3.